The van der Waals surface area contributed by atoms with E-state index in [1.807, 2.05) is 0 Å². The summed E-state index contributed by atoms with van der Waals surface area (Å²) in [6, 6.07) is 3.10. The Balaban J connectivity index is 2.43. The first-order valence-corrected chi connectivity index (χ1v) is 4.73. The molecule has 0 spiro atoms. The minimum absolute atomic E-state index is 0.277. The smallest absolute Gasteiger partial charge is 0.314 e. The van der Waals surface area contributed by atoms with Crippen molar-refractivity contribution in [2.45, 2.75) is 6.54 Å². The van der Waals surface area contributed by atoms with Gasteiger partial charge in [-0.1, -0.05) is 0 Å². The highest BCUT2D eigenvalue weighted by molar-refractivity contribution is 7.05. The van der Waals surface area contributed by atoms with Crippen molar-refractivity contribution < 1.29 is 0 Å². The van der Waals surface area contributed by atoms with Gasteiger partial charge in [0.1, 0.15) is 0 Å². The third kappa shape index (κ3) is 1.64. The zero-order chi connectivity index (χ0) is 9.97. The topological polar surface area (TPSA) is 67.8 Å². The molecule has 2 aromatic rings. The van der Waals surface area contributed by atoms with Gasteiger partial charge in [0.25, 0.3) is 5.56 Å². The van der Waals surface area contributed by atoms with E-state index in [2.05, 4.69) is 9.36 Å². The minimum Gasteiger partial charge on any atom is -0.314 e. The van der Waals surface area contributed by atoms with Crippen LogP contribution in [-0.2, 0) is 6.54 Å². The summed E-state index contributed by atoms with van der Waals surface area (Å²) in [5, 5.41) is 0. The quantitative estimate of drug-likeness (QED) is 0.759. The number of aromatic nitrogens is 3. The third-order valence-electron chi connectivity index (χ3n) is 1.75. The standard InChI is InChI=1S/C8H7N3O2S/c12-7-2-3-9-8(13)11(7)5-6-1-4-10-14-6/h1-4H,5H2,(H,9,13). The van der Waals surface area contributed by atoms with Gasteiger partial charge >= 0.3 is 5.69 Å². The number of hydrogen-bond acceptors (Lipinski definition) is 4. The Morgan fingerprint density at radius 2 is 2.29 bits per heavy atom. The second-order valence-electron chi connectivity index (χ2n) is 2.69. The molecular weight excluding hydrogens is 202 g/mol. The van der Waals surface area contributed by atoms with Crippen molar-refractivity contribution in [3.05, 3.63) is 50.2 Å². The summed E-state index contributed by atoms with van der Waals surface area (Å²) in [5.74, 6) is 0. The summed E-state index contributed by atoms with van der Waals surface area (Å²) in [6.07, 6.45) is 2.98. The van der Waals surface area contributed by atoms with Crippen molar-refractivity contribution >= 4 is 11.5 Å². The van der Waals surface area contributed by atoms with Crippen LogP contribution in [0.5, 0.6) is 0 Å². The summed E-state index contributed by atoms with van der Waals surface area (Å²) >= 11 is 1.27. The number of aromatic amines is 1. The first-order valence-electron chi connectivity index (χ1n) is 3.95. The molecule has 0 saturated heterocycles. The molecule has 0 radical (unpaired) electrons. The molecule has 5 nitrogen and oxygen atoms in total. The molecule has 0 aromatic carbocycles. The Labute approximate surface area is 82.8 Å². The number of hydrogen-bond donors (Lipinski definition) is 1. The second-order valence-corrected chi connectivity index (χ2v) is 3.60. The first kappa shape index (κ1) is 8.89. The molecule has 2 rings (SSSR count). The van der Waals surface area contributed by atoms with Gasteiger partial charge in [-0.15, -0.1) is 0 Å². The highest BCUT2D eigenvalue weighted by atomic mass is 32.1. The maximum absolute atomic E-state index is 11.3. The van der Waals surface area contributed by atoms with E-state index in [0.29, 0.717) is 0 Å². The van der Waals surface area contributed by atoms with Crippen LogP contribution in [0.3, 0.4) is 0 Å². The monoisotopic (exact) mass is 209 g/mol. The van der Waals surface area contributed by atoms with Crippen LogP contribution in [0.25, 0.3) is 0 Å². The molecule has 0 fully saturated rings. The lowest BCUT2D eigenvalue weighted by Gasteiger charge is -1.99. The number of nitrogens with one attached hydrogen (secondary N) is 1. The number of nitrogens with zero attached hydrogens (tertiary/aromatic N) is 2. The Bertz CT molecular complexity index is 498. The average molecular weight is 209 g/mol. The normalized spacial score (nSPS) is 10.3. The molecule has 2 aromatic heterocycles. The molecule has 14 heavy (non-hydrogen) atoms. The summed E-state index contributed by atoms with van der Waals surface area (Å²) in [5.41, 5.74) is -0.701. The Morgan fingerprint density at radius 3 is 2.93 bits per heavy atom. The van der Waals surface area contributed by atoms with Gasteiger partial charge in [0.15, 0.2) is 0 Å². The van der Waals surface area contributed by atoms with Crippen LogP contribution in [-0.4, -0.2) is 13.9 Å². The molecule has 0 atom stereocenters. The van der Waals surface area contributed by atoms with Crippen LogP contribution in [0.1, 0.15) is 4.88 Å². The SMILES string of the molecule is O=c1cc[nH]c(=O)n1Cc1ccns1. The van der Waals surface area contributed by atoms with Crippen molar-refractivity contribution in [2.24, 2.45) is 0 Å². The summed E-state index contributed by atoms with van der Waals surface area (Å²) in [4.78, 5) is 25.9. The minimum atomic E-state index is -0.397. The van der Waals surface area contributed by atoms with E-state index in [4.69, 9.17) is 0 Å². The third-order valence-corrected chi connectivity index (χ3v) is 2.48. The van der Waals surface area contributed by atoms with E-state index >= 15 is 0 Å². The van der Waals surface area contributed by atoms with E-state index in [1.165, 1.54) is 23.8 Å². The summed E-state index contributed by atoms with van der Waals surface area (Å²) in [6.45, 7) is 0.277. The Kier molecular flexibility index (Phi) is 2.28. The summed E-state index contributed by atoms with van der Waals surface area (Å²) in [7, 11) is 0. The van der Waals surface area contributed by atoms with Crippen molar-refractivity contribution in [1.29, 1.82) is 0 Å². The molecule has 0 amide bonds. The van der Waals surface area contributed by atoms with Crippen molar-refractivity contribution in [3.63, 3.8) is 0 Å². The van der Waals surface area contributed by atoms with Crippen LogP contribution >= 0.6 is 11.5 Å². The molecular formula is C8H7N3O2S. The van der Waals surface area contributed by atoms with Crippen molar-refractivity contribution in [3.8, 4) is 0 Å². The molecule has 72 valence electrons. The lowest BCUT2D eigenvalue weighted by atomic mass is 10.5. The predicted molar refractivity (Wildman–Crippen MR) is 52.5 cm³/mol. The molecule has 0 aliphatic carbocycles. The Morgan fingerprint density at radius 1 is 1.43 bits per heavy atom. The fraction of sp³-hybridized carbons (Fsp3) is 0.125. The van der Waals surface area contributed by atoms with E-state index in [-0.39, 0.29) is 12.1 Å². The van der Waals surface area contributed by atoms with E-state index in [1.54, 1.807) is 12.3 Å². The van der Waals surface area contributed by atoms with E-state index < -0.39 is 5.69 Å². The number of rotatable bonds is 2. The van der Waals surface area contributed by atoms with Crippen LogP contribution in [0.4, 0.5) is 0 Å². The van der Waals surface area contributed by atoms with Gasteiger partial charge in [-0.2, -0.15) is 0 Å². The van der Waals surface area contributed by atoms with Gasteiger partial charge in [-0.05, 0) is 17.6 Å². The van der Waals surface area contributed by atoms with E-state index in [0.717, 1.165) is 9.44 Å². The first-order chi connectivity index (χ1) is 6.77. The fourth-order valence-corrected chi connectivity index (χ4v) is 1.65. The lowest BCUT2D eigenvalue weighted by Crippen LogP contribution is -2.33. The molecule has 0 aliphatic heterocycles. The van der Waals surface area contributed by atoms with Gasteiger partial charge in [0.05, 0.1) is 6.54 Å². The largest absolute Gasteiger partial charge is 0.328 e. The molecule has 6 heteroatoms. The zero-order valence-corrected chi connectivity index (χ0v) is 7.95. The average Bonchev–Trinajstić information content (AvgIpc) is 2.64. The van der Waals surface area contributed by atoms with Crippen molar-refractivity contribution in [2.75, 3.05) is 0 Å². The van der Waals surface area contributed by atoms with Crippen LogP contribution in [0.2, 0.25) is 0 Å². The molecule has 0 unspecified atom stereocenters. The molecule has 0 saturated carbocycles. The van der Waals surface area contributed by atoms with Gasteiger partial charge in [0.2, 0.25) is 0 Å². The van der Waals surface area contributed by atoms with Crippen molar-refractivity contribution in [1.82, 2.24) is 13.9 Å². The second kappa shape index (κ2) is 3.59. The zero-order valence-electron chi connectivity index (χ0n) is 7.14. The van der Waals surface area contributed by atoms with Gasteiger partial charge in [0, 0.05) is 23.3 Å². The molecule has 0 aliphatic rings. The Hall–Kier alpha value is -1.69. The highest BCUT2D eigenvalue weighted by Crippen LogP contribution is 2.03. The highest BCUT2D eigenvalue weighted by Gasteiger charge is 2.02. The van der Waals surface area contributed by atoms with Crippen LogP contribution in [0, 0.1) is 0 Å². The lowest BCUT2D eigenvalue weighted by molar-refractivity contribution is 0.706. The van der Waals surface area contributed by atoms with Crippen LogP contribution in [0.15, 0.2) is 34.1 Å². The molecule has 0 bridgehead atoms. The van der Waals surface area contributed by atoms with Gasteiger partial charge < -0.3 is 4.98 Å². The maximum atomic E-state index is 11.3. The van der Waals surface area contributed by atoms with Gasteiger partial charge in [-0.3, -0.25) is 9.36 Å². The molecule has 1 N–H and O–H groups in total. The predicted octanol–water partition coefficient (Wildman–Crippen LogP) is 0.0414. The molecule has 2 heterocycles. The van der Waals surface area contributed by atoms with Gasteiger partial charge in [-0.25, -0.2) is 9.17 Å². The maximum Gasteiger partial charge on any atom is 0.328 e. The number of H-pyrrole nitrogens is 1. The van der Waals surface area contributed by atoms with Crippen LogP contribution < -0.4 is 11.2 Å². The fourth-order valence-electron chi connectivity index (χ4n) is 1.08. The van der Waals surface area contributed by atoms with E-state index in [9.17, 15) is 9.59 Å². The summed E-state index contributed by atoms with van der Waals surface area (Å²) < 4.78 is 5.02.